The number of aromatic nitrogens is 4. The van der Waals surface area contributed by atoms with Crippen molar-refractivity contribution in [3.63, 3.8) is 0 Å². The van der Waals surface area contributed by atoms with E-state index in [1.54, 1.807) is 11.3 Å². The van der Waals surface area contributed by atoms with Gasteiger partial charge in [0.2, 0.25) is 0 Å². The van der Waals surface area contributed by atoms with Crippen LogP contribution in [0.3, 0.4) is 0 Å². The van der Waals surface area contributed by atoms with Crippen molar-refractivity contribution in [2.75, 3.05) is 0 Å². The molecule has 0 aliphatic rings. The van der Waals surface area contributed by atoms with Crippen LogP contribution in [0.2, 0.25) is 0 Å². The second-order valence-corrected chi connectivity index (χ2v) is 14.5. The number of hydrogen-bond acceptors (Lipinski definition) is 5. The molecule has 0 aliphatic heterocycles. The van der Waals surface area contributed by atoms with Gasteiger partial charge in [-0.15, -0.1) is 11.3 Å². The maximum Gasteiger partial charge on any atom is 0.161 e. The summed E-state index contributed by atoms with van der Waals surface area (Å²) in [6.45, 7) is 0. The highest BCUT2D eigenvalue weighted by atomic mass is 32.1. The third kappa shape index (κ3) is 4.97. The van der Waals surface area contributed by atoms with Gasteiger partial charge in [0, 0.05) is 53.2 Å². The Hall–Kier alpha value is -6.82. The first kappa shape index (κ1) is 29.9. The molecule has 0 spiro atoms. The van der Waals surface area contributed by atoms with E-state index in [2.05, 4.69) is 158 Å². The molecule has 0 unspecified atom stereocenters. The van der Waals surface area contributed by atoms with Crippen molar-refractivity contribution >= 4 is 74.9 Å². The summed E-state index contributed by atoms with van der Waals surface area (Å²) in [6.07, 6.45) is 0. The summed E-state index contributed by atoms with van der Waals surface area (Å²) in [7, 11) is 0. The van der Waals surface area contributed by atoms with E-state index in [1.165, 1.54) is 36.3 Å². The zero-order chi connectivity index (χ0) is 34.9. The topological polar surface area (TPSA) is 51.6 Å². The fraction of sp³-hybridized carbons (Fsp3) is 0. The molecule has 0 radical (unpaired) electrons. The van der Waals surface area contributed by atoms with Crippen LogP contribution in [0.4, 0.5) is 0 Å². The number of nitrogens with zero attached hydrogens (tertiary/aromatic N) is 4. The highest BCUT2D eigenvalue weighted by Crippen LogP contribution is 2.42. The Morgan fingerprint density at radius 3 is 1.55 bits per heavy atom. The molecule has 0 bridgehead atoms. The minimum absolute atomic E-state index is 0.712. The number of fused-ring (bicyclic) bond motifs is 7. The lowest BCUT2D eigenvalue weighted by atomic mass is 10.0. The van der Waals surface area contributed by atoms with E-state index in [4.69, 9.17) is 19.9 Å². The van der Waals surface area contributed by atoms with Crippen LogP contribution in [0.1, 0.15) is 0 Å². The molecule has 53 heavy (non-hydrogen) atoms. The Labute approximate surface area is 308 Å². The Balaban J connectivity index is 1.07. The molecule has 0 fully saturated rings. The van der Waals surface area contributed by atoms with Crippen LogP contribution in [-0.4, -0.2) is 19.9 Å². The van der Waals surface area contributed by atoms with Crippen molar-refractivity contribution in [1.29, 1.82) is 0 Å². The van der Waals surface area contributed by atoms with Gasteiger partial charge >= 0.3 is 0 Å². The van der Waals surface area contributed by atoms with Gasteiger partial charge in [-0.05, 0) is 57.9 Å². The molecule has 0 amide bonds. The van der Waals surface area contributed by atoms with Gasteiger partial charge in [0.25, 0.3) is 0 Å². The minimum atomic E-state index is 0.712. The lowest BCUT2D eigenvalue weighted by Crippen LogP contribution is -1.96. The third-order valence-electron chi connectivity index (χ3n) is 10.2. The number of benzene rings is 8. The van der Waals surface area contributed by atoms with E-state index >= 15 is 0 Å². The molecule has 4 nitrogen and oxygen atoms in total. The fourth-order valence-electron chi connectivity index (χ4n) is 7.67. The number of thiophene rings is 1. The molecule has 3 aromatic heterocycles. The van der Waals surface area contributed by atoms with Gasteiger partial charge in [0.05, 0.1) is 22.4 Å². The lowest BCUT2D eigenvalue weighted by Gasteiger charge is -2.11. The Bertz CT molecular complexity index is 3250. The molecule has 11 aromatic rings. The van der Waals surface area contributed by atoms with Gasteiger partial charge in [-0.3, -0.25) is 0 Å². The van der Waals surface area contributed by atoms with Gasteiger partial charge in [0.1, 0.15) is 0 Å². The van der Waals surface area contributed by atoms with E-state index in [1.807, 2.05) is 12.1 Å². The molecular weight excluding hydrogens is 665 g/mol. The molecule has 0 N–H and O–H groups in total. The second kappa shape index (κ2) is 11.9. The summed E-state index contributed by atoms with van der Waals surface area (Å²) in [5.74, 6) is 1.43. The fourth-order valence-corrected chi connectivity index (χ4v) is 8.84. The molecule has 8 aromatic carbocycles. The van der Waals surface area contributed by atoms with Crippen LogP contribution in [0, 0.1) is 0 Å². The van der Waals surface area contributed by atoms with E-state index in [0.29, 0.717) is 5.82 Å². The maximum atomic E-state index is 5.31. The van der Waals surface area contributed by atoms with Gasteiger partial charge in [-0.2, -0.15) is 0 Å². The Morgan fingerprint density at radius 1 is 0.340 bits per heavy atom. The van der Waals surface area contributed by atoms with Gasteiger partial charge < -0.3 is 0 Å². The molecule has 0 atom stereocenters. The Morgan fingerprint density at radius 2 is 0.887 bits per heavy atom. The third-order valence-corrected chi connectivity index (χ3v) is 11.4. The van der Waals surface area contributed by atoms with Crippen molar-refractivity contribution in [1.82, 2.24) is 19.9 Å². The van der Waals surface area contributed by atoms with E-state index < -0.39 is 0 Å². The van der Waals surface area contributed by atoms with Gasteiger partial charge in [-0.1, -0.05) is 133 Å². The lowest BCUT2D eigenvalue weighted by molar-refractivity contribution is 1.23. The van der Waals surface area contributed by atoms with Crippen LogP contribution in [0.5, 0.6) is 0 Å². The normalized spacial score (nSPS) is 11.8. The molecule has 11 rings (SSSR count). The first-order chi connectivity index (χ1) is 26.2. The highest BCUT2D eigenvalue weighted by molar-refractivity contribution is 7.26. The molecule has 0 saturated carbocycles. The van der Waals surface area contributed by atoms with Crippen LogP contribution in [0.15, 0.2) is 170 Å². The molecule has 246 valence electrons. The van der Waals surface area contributed by atoms with Crippen molar-refractivity contribution in [3.05, 3.63) is 170 Å². The predicted molar refractivity (Wildman–Crippen MR) is 222 cm³/mol. The van der Waals surface area contributed by atoms with Crippen LogP contribution in [-0.2, 0) is 0 Å². The summed E-state index contributed by atoms with van der Waals surface area (Å²) >= 11 is 1.78. The number of para-hydroxylation sites is 2. The smallest absolute Gasteiger partial charge is 0.161 e. The summed E-state index contributed by atoms with van der Waals surface area (Å²) in [6, 6.07) is 59.7. The predicted octanol–water partition coefficient (Wildman–Crippen LogP) is 12.9. The molecule has 0 aliphatic carbocycles. The quantitative estimate of drug-likeness (QED) is 0.184. The zero-order valence-corrected chi connectivity index (χ0v) is 29.2. The molecule has 3 heterocycles. The maximum absolute atomic E-state index is 5.31. The summed E-state index contributed by atoms with van der Waals surface area (Å²) in [5.41, 5.74) is 7.89. The van der Waals surface area contributed by atoms with Crippen LogP contribution < -0.4 is 0 Å². The van der Waals surface area contributed by atoms with E-state index in [9.17, 15) is 0 Å². The standard InChI is InChI=1S/C48H28N4S/c1-3-12-31-26-33(22-20-29(31)10-1)45-36-14-5-7-17-40(36)49-47(51-45)35-24-25-38-43(28-35)53-42-19-9-16-39(44(38)42)48-50-41-18-8-6-15-37(41)46(52-48)34-23-21-30-11-2-4-13-32(30)27-34/h1-28H. The summed E-state index contributed by atoms with van der Waals surface area (Å²) in [4.78, 5) is 20.8. The number of rotatable bonds is 4. The molecule has 0 saturated heterocycles. The van der Waals surface area contributed by atoms with Crippen molar-refractivity contribution in [3.8, 4) is 45.3 Å². The zero-order valence-electron chi connectivity index (χ0n) is 28.4. The Kier molecular flexibility index (Phi) is 6.69. The van der Waals surface area contributed by atoms with E-state index in [0.717, 1.165) is 66.7 Å². The van der Waals surface area contributed by atoms with Gasteiger partial charge in [0.15, 0.2) is 11.6 Å². The first-order valence-corrected chi connectivity index (χ1v) is 18.5. The minimum Gasteiger partial charge on any atom is -0.228 e. The first-order valence-electron chi connectivity index (χ1n) is 17.7. The van der Waals surface area contributed by atoms with Crippen LogP contribution >= 0.6 is 11.3 Å². The van der Waals surface area contributed by atoms with Crippen molar-refractivity contribution < 1.29 is 0 Å². The highest BCUT2D eigenvalue weighted by Gasteiger charge is 2.18. The van der Waals surface area contributed by atoms with Gasteiger partial charge in [-0.25, -0.2) is 19.9 Å². The molecular formula is C48H28N4S. The van der Waals surface area contributed by atoms with Crippen LogP contribution in [0.25, 0.3) is 109 Å². The van der Waals surface area contributed by atoms with Crippen molar-refractivity contribution in [2.45, 2.75) is 0 Å². The largest absolute Gasteiger partial charge is 0.228 e. The summed E-state index contributed by atoms with van der Waals surface area (Å²) < 4.78 is 2.36. The molecule has 5 heteroatoms. The monoisotopic (exact) mass is 692 g/mol. The summed E-state index contributed by atoms with van der Waals surface area (Å²) in [5, 5.41) is 9.21. The second-order valence-electron chi connectivity index (χ2n) is 13.4. The van der Waals surface area contributed by atoms with Crippen molar-refractivity contribution in [2.24, 2.45) is 0 Å². The SMILES string of the molecule is c1ccc2cc(-c3nc(-c4ccc5c(c4)sc4cccc(-c6nc(-c7ccc8ccccc8c7)c7ccccc7n6)c45)nc4ccccc34)ccc2c1. The van der Waals surface area contributed by atoms with E-state index in [-0.39, 0.29) is 0 Å². The number of hydrogen-bond donors (Lipinski definition) is 0. The average Bonchev–Trinajstić information content (AvgIpc) is 3.61. The average molecular weight is 693 g/mol.